The zero-order chi connectivity index (χ0) is 20.0. The van der Waals surface area contributed by atoms with E-state index in [1.165, 1.54) is 31.2 Å². The van der Waals surface area contributed by atoms with Crippen molar-refractivity contribution in [3.63, 3.8) is 0 Å². The molecule has 0 heterocycles. The maximum atomic E-state index is 5.84. The molecule has 0 aliphatic carbocycles. The highest BCUT2D eigenvalue weighted by atomic mass is 16.5. The standard InChI is InChI=1S/C25H37NO2/c1-4-5-6-7-8-17-27-24-14-12-22(13-15-24)20-26-23-10-9-11-25(19-23)28-18-16-21(2)3/h9-15,19,21,26H,4-8,16-18,20H2,1-3H3. The van der Waals surface area contributed by atoms with Crippen molar-refractivity contribution >= 4 is 5.69 Å². The fraction of sp³-hybridized carbons (Fsp3) is 0.520. The molecule has 0 atom stereocenters. The van der Waals surface area contributed by atoms with Crippen LogP contribution >= 0.6 is 0 Å². The third-order valence-corrected chi connectivity index (χ3v) is 4.73. The second-order valence-corrected chi connectivity index (χ2v) is 7.82. The molecule has 28 heavy (non-hydrogen) atoms. The van der Waals surface area contributed by atoms with E-state index < -0.39 is 0 Å². The van der Waals surface area contributed by atoms with Crippen LogP contribution < -0.4 is 14.8 Å². The van der Waals surface area contributed by atoms with E-state index in [4.69, 9.17) is 9.47 Å². The minimum atomic E-state index is 0.661. The molecule has 0 fully saturated rings. The first-order valence-electron chi connectivity index (χ1n) is 10.9. The van der Waals surface area contributed by atoms with Crippen molar-refractivity contribution in [2.75, 3.05) is 18.5 Å². The van der Waals surface area contributed by atoms with E-state index in [0.717, 1.165) is 49.8 Å². The lowest BCUT2D eigenvalue weighted by Gasteiger charge is -2.11. The van der Waals surface area contributed by atoms with Crippen molar-refractivity contribution in [1.29, 1.82) is 0 Å². The molecule has 0 saturated heterocycles. The molecule has 3 nitrogen and oxygen atoms in total. The zero-order valence-corrected chi connectivity index (χ0v) is 17.9. The van der Waals surface area contributed by atoms with Crippen molar-refractivity contribution < 1.29 is 9.47 Å². The minimum Gasteiger partial charge on any atom is -0.494 e. The van der Waals surface area contributed by atoms with Crippen molar-refractivity contribution in [3.8, 4) is 11.5 Å². The summed E-state index contributed by atoms with van der Waals surface area (Å²) in [6.45, 7) is 9.03. The van der Waals surface area contributed by atoms with E-state index in [1.807, 2.05) is 12.1 Å². The van der Waals surface area contributed by atoms with E-state index in [9.17, 15) is 0 Å². The molecule has 154 valence electrons. The Morgan fingerprint density at radius 2 is 1.57 bits per heavy atom. The van der Waals surface area contributed by atoms with Crippen molar-refractivity contribution in [3.05, 3.63) is 54.1 Å². The molecular formula is C25H37NO2. The minimum absolute atomic E-state index is 0.661. The quantitative estimate of drug-likeness (QED) is 0.354. The molecule has 0 amide bonds. The van der Waals surface area contributed by atoms with Crippen LogP contribution in [0.15, 0.2) is 48.5 Å². The molecule has 0 saturated carbocycles. The Hall–Kier alpha value is -2.16. The van der Waals surface area contributed by atoms with Gasteiger partial charge in [0.15, 0.2) is 0 Å². The summed E-state index contributed by atoms with van der Waals surface area (Å²) in [5.74, 6) is 2.54. The van der Waals surface area contributed by atoms with Crippen LogP contribution in [-0.2, 0) is 6.54 Å². The third-order valence-electron chi connectivity index (χ3n) is 4.73. The van der Waals surface area contributed by atoms with Gasteiger partial charge in [0.1, 0.15) is 11.5 Å². The summed E-state index contributed by atoms with van der Waals surface area (Å²) in [5, 5.41) is 3.47. The molecule has 0 unspecified atom stereocenters. The topological polar surface area (TPSA) is 30.5 Å². The molecule has 2 rings (SSSR count). The van der Waals surface area contributed by atoms with Crippen molar-refractivity contribution in [2.24, 2.45) is 5.92 Å². The van der Waals surface area contributed by atoms with Gasteiger partial charge in [0.25, 0.3) is 0 Å². The Bertz CT molecular complexity index is 652. The fourth-order valence-corrected chi connectivity index (χ4v) is 2.91. The molecule has 3 heteroatoms. The smallest absolute Gasteiger partial charge is 0.121 e. The number of rotatable bonds is 14. The first kappa shape index (κ1) is 22.1. The Kier molecular flexibility index (Phi) is 10.3. The van der Waals surface area contributed by atoms with Gasteiger partial charge in [0.05, 0.1) is 13.2 Å². The highest BCUT2D eigenvalue weighted by Gasteiger charge is 2.00. The molecular weight excluding hydrogens is 346 g/mol. The molecule has 0 aromatic heterocycles. The molecule has 2 aromatic carbocycles. The third kappa shape index (κ3) is 9.16. The summed E-state index contributed by atoms with van der Waals surface area (Å²) in [7, 11) is 0. The van der Waals surface area contributed by atoms with Gasteiger partial charge in [-0.05, 0) is 48.6 Å². The first-order chi connectivity index (χ1) is 13.7. The summed E-state index contributed by atoms with van der Waals surface area (Å²) in [4.78, 5) is 0. The van der Waals surface area contributed by atoms with Crippen molar-refractivity contribution in [2.45, 2.75) is 65.8 Å². The Labute approximate surface area is 171 Å². The van der Waals surface area contributed by atoms with Gasteiger partial charge in [-0.25, -0.2) is 0 Å². The normalized spacial score (nSPS) is 10.9. The second-order valence-electron chi connectivity index (χ2n) is 7.82. The summed E-state index contributed by atoms with van der Waals surface area (Å²) >= 11 is 0. The molecule has 0 bridgehead atoms. The first-order valence-corrected chi connectivity index (χ1v) is 10.9. The van der Waals surface area contributed by atoms with Gasteiger partial charge in [-0.15, -0.1) is 0 Å². The highest BCUT2D eigenvalue weighted by Crippen LogP contribution is 2.19. The predicted octanol–water partition coefficient (Wildman–Crippen LogP) is 7.07. The average molecular weight is 384 g/mol. The van der Waals surface area contributed by atoms with Crippen LogP contribution in [0.1, 0.15) is 64.9 Å². The number of hydrogen-bond donors (Lipinski definition) is 1. The van der Waals surface area contributed by atoms with E-state index in [1.54, 1.807) is 0 Å². The molecule has 0 aliphatic rings. The van der Waals surface area contributed by atoms with Crippen LogP contribution in [0.25, 0.3) is 0 Å². The van der Waals surface area contributed by atoms with E-state index in [2.05, 4.69) is 62.5 Å². The van der Waals surface area contributed by atoms with E-state index in [-0.39, 0.29) is 0 Å². The fourth-order valence-electron chi connectivity index (χ4n) is 2.91. The lowest BCUT2D eigenvalue weighted by atomic mass is 10.1. The second kappa shape index (κ2) is 13.1. The van der Waals surface area contributed by atoms with Crippen LogP contribution in [0.4, 0.5) is 5.69 Å². The predicted molar refractivity (Wildman–Crippen MR) is 119 cm³/mol. The summed E-state index contributed by atoms with van der Waals surface area (Å²) in [6.07, 6.45) is 7.40. The molecule has 2 aromatic rings. The maximum Gasteiger partial charge on any atom is 0.121 e. The van der Waals surface area contributed by atoms with Crippen LogP contribution in [0, 0.1) is 5.92 Å². The highest BCUT2D eigenvalue weighted by molar-refractivity contribution is 5.48. The van der Waals surface area contributed by atoms with Gasteiger partial charge in [-0.1, -0.05) is 64.7 Å². The summed E-state index contributed by atoms with van der Waals surface area (Å²) in [5.41, 5.74) is 2.32. The maximum absolute atomic E-state index is 5.84. The largest absolute Gasteiger partial charge is 0.494 e. The van der Waals surface area contributed by atoms with Crippen molar-refractivity contribution in [1.82, 2.24) is 0 Å². The SMILES string of the molecule is CCCCCCCOc1ccc(CNc2cccc(OCCC(C)C)c2)cc1. The van der Waals surface area contributed by atoms with E-state index >= 15 is 0 Å². The Balaban J connectivity index is 1.71. The van der Waals surface area contributed by atoms with Gasteiger partial charge >= 0.3 is 0 Å². The van der Waals surface area contributed by atoms with Gasteiger partial charge in [0.2, 0.25) is 0 Å². The molecule has 0 aliphatic heterocycles. The van der Waals surface area contributed by atoms with Gasteiger partial charge in [0, 0.05) is 18.3 Å². The van der Waals surface area contributed by atoms with Gasteiger partial charge < -0.3 is 14.8 Å². The monoisotopic (exact) mass is 383 g/mol. The number of unbranched alkanes of at least 4 members (excludes halogenated alkanes) is 4. The lowest BCUT2D eigenvalue weighted by molar-refractivity contribution is 0.289. The molecule has 0 spiro atoms. The molecule has 1 N–H and O–H groups in total. The Morgan fingerprint density at radius 3 is 2.32 bits per heavy atom. The van der Waals surface area contributed by atoms with Crippen LogP contribution in [0.3, 0.4) is 0 Å². The average Bonchev–Trinajstić information content (AvgIpc) is 2.70. The number of anilines is 1. The number of hydrogen-bond acceptors (Lipinski definition) is 3. The van der Waals surface area contributed by atoms with Gasteiger partial charge in [-0.2, -0.15) is 0 Å². The van der Waals surface area contributed by atoms with Crippen LogP contribution in [0.2, 0.25) is 0 Å². The lowest BCUT2D eigenvalue weighted by Crippen LogP contribution is -2.03. The van der Waals surface area contributed by atoms with E-state index in [0.29, 0.717) is 5.92 Å². The number of benzene rings is 2. The van der Waals surface area contributed by atoms with Gasteiger partial charge in [-0.3, -0.25) is 0 Å². The zero-order valence-electron chi connectivity index (χ0n) is 17.9. The molecule has 0 radical (unpaired) electrons. The summed E-state index contributed by atoms with van der Waals surface area (Å²) in [6, 6.07) is 16.6. The van der Waals surface area contributed by atoms with Crippen LogP contribution in [0.5, 0.6) is 11.5 Å². The number of nitrogens with one attached hydrogen (secondary N) is 1. The summed E-state index contributed by atoms with van der Waals surface area (Å²) < 4.78 is 11.7. The Morgan fingerprint density at radius 1 is 0.821 bits per heavy atom. The van der Waals surface area contributed by atoms with Crippen LogP contribution in [-0.4, -0.2) is 13.2 Å². The number of ether oxygens (including phenoxy) is 2.